The quantitative estimate of drug-likeness (QED) is 0.0277. The van der Waals surface area contributed by atoms with Crippen LogP contribution in [0.5, 0.6) is 0 Å². The van der Waals surface area contributed by atoms with E-state index in [1.54, 1.807) is 0 Å². The molecule has 1 rings (SSSR count). The zero-order valence-corrected chi connectivity index (χ0v) is 33.8. The van der Waals surface area contributed by atoms with Gasteiger partial charge in [0.2, 0.25) is 0 Å². The van der Waals surface area contributed by atoms with Gasteiger partial charge >= 0.3 is 11.9 Å². The number of rotatable bonds is 36. The molecule has 0 aliphatic carbocycles. The average Bonchev–Trinajstić information content (AvgIpc) is 3.15. The second kappa shape index (κ2) is 34.9. The number of hydrogen-bond donors (Lipinski definition) is 4. The lowest BCUT2D eigenvalue weighted by Crippen LogP contribution is -2.59. The van der Waals surface area contributed by atoms with E-state index in [-0.39, 0.29) is 32.0 Å². The molecule has 10 heteroatoms. The van der Waals surface area contributed by atoms with Crippen LogP contribution in [0.15, 0.2) is 12.2 Å². The monoisotopic (exact) mass is 757 g/mol. The molecule has 0 aromatic heterocycles. The predicted molar refractivity (Wildman–Crippen MR) is 210 cm³/mol. The normalized spacial score (nSPS) is 20.9. The molecular formula is C43H80O10. The predicted octanol–water partition coefficient (Wildman–Crippen LogP) is 8.78. The fourth-order valence-corrected chi connectivity index (χ4v) is 6.65. The van der Waals surface area contributed by atoms with Gasteiger partial charge in [0.05, 0.1) is 13.2 Å². The van der Waals surface area contributed by atoms with Crippen molar-refractivity contribution in [3.8, 4) is 0 Å². The van der Waals surface area contributed by atoms with Gasteiger partial charge in [-0.3, -0.25) is 9.59 Å². The van der Waals surface area contributed by atoms with Gasteiger partial charge in [0.15, 0.2) is 12.4 Å². The zero-order valence-electron chi connectivity index (χ0n) is 33.8. The third-order valence-corrected chi connectivity index (χ3v) is 10.2. The molecule has 10 nitrogen and oxygen atoms in total. The van der Waals surface area contributed by atoms with Crippen LogP contribution in [0.25, 0.3) is 0 Å². The Morgan fingerprint density at radius 3 is 1.47 bits per heavy atom. The SMILES string of the molecule is CCCCCCCCCC/C=C\CCCCCCCCCCCCCC(=O)OC(COC(=O)CCCCCCC)COC1OC(CO)C(O)C(O)C1O. The molecule has 1 aliphatic rings. The van der Waals surface area contributed by atoms with Gasteiger partial charge in [0.1, 0.15) is 31.0 Å². The highest BCUT2D eigenvalue weighted by Crippen LogP contribution is 2.23. The molecule has 53 heavy (non-hydrogen) atoms. The second-order valence-corrected chi connectivity index (χ2v) is 15.2. The molecule has 0 amide bonds. The molecule has 4 N–H and O–H groups in total. The summed E-state index contributed by atoms with van der Waals surface area (Å²) in [6, 6.07) is 0. The van der Waals surface area contributed by atoms with Crippen LogP contribution in [-0.4, -0.2) is 89.0 Å². The number of carbonyl (C=O) groups is 2. The number of ether oxygens (including phenoxy) is 4. The van der Waals surface area contributed by atoms with Crippen LogP contribution in [0.4, 0.5) is 0 Å². The van der Waals surface area contributed by atoms with E-state index >= 15 is 0 Å². The number of hydrogen-bond acceptors (Lipinski definition) is 10. The smallest absolute Gasteiger partial charge is 0.306 e. The fourth-order valence-electron chi connectivity index (χ4n) is 6.65. The summed E-state index contributed by atoms with van der Waals surface area (Å²) in [6.45, 7) is 3.33. The van der Waals surface area contributed by atoms with Gasteiger partial charge in [-0.15, -0.1) is 0 Å². The lowest BCUT2D eigenvalue weighted by molar-refractivity contribution is -0.305. The van der Waals surface area contributed by atoms with Crippen LogP contribution in [0, 0.1) is 0 Å². The summed E-state index contributed by atoms with van der Waals surface area (Å²) in [5.74, 6) is -0.815. The highest BCUT2D eigenvalue weighted by atomic mass is 16.7. The van der Waals surface area contributed by atoms with Gasteiger partial charge in [-0.2, -0.15) is 0 Å². The van der Waals surface area contributed by atoms with Crippen molar-refractivity contribution in [1.29, 1.82) is 0 Å². The van der Waals surface area contributed by atoms with E-state index < -0.39 is 49.4 Å². The van der Waals surface area contributed by atoms with Crippen molar-refractivity contribution in [2.24, 2.45) is 0 Å². The van der Waals surface area contributed by atoms with Gasteiger partial charge in [-0.1, -0.05) is 154 Å². The van der Waals surface area contributed by atoms with Crippen molar-refractivity contribution in [3.05, 3.63) is 12.2 Å². The summed E-state index contributed by atoms with van der Waals surface area (Å²) < 4.78 is 22.0. The van der Waals surface area contributed by atoms with E-state index in [9.17, 15) is 30.0 Å². The number of aliphatic hydroxyl groups excluding tert-OH is 4. The maximum absolute atomic E-state index is 12.7. The molecule has 0 bridgehead atoms. The molecule has 1 saturated heterocycles. The van der Waals surface area contributed by atoms with Crippen molar-refractivity contribution in [1.82, 2.24) is 0 Å². The van der Waals surface area contributed by atoms with E-state index in [0.717, 1.165) is 51.4 Å². The van der Waals surface area contributed by atoms with Gasteiger partial charge in [-0.05, 0) is 38.5 Å². The maximum atomic E-state index is 12.7. The Bertz CT molecular complexity index is 881. The average molecular weight is 757 g/mol. The minimum atomic E-state index is -1.59. The Labute approximate surface area is 322 Å². The molecule has 0 aromatic rings. The summed E-state index contributed by atoms with van der Waals surface area (Å²) in [4.78, 5) is 25.0. The van der Waals surface area contributed by atoms with E-state index in [2.05, 4.69) is 26.0 Å². The summed E-state index contributed by atoms with van der Waals surface area (Å²) >= 11 is 0. The fraction of sp³-hybridized carbons (Fsp3) is 0.907. The second-order valence-electron chi connectivity index (χ2n) is 15.2. The third kappa shape index (κ3) is 26.8. The zero-order chi connectivity index (χ0) is 38.8. The molecule has 0 aromatic carbocycles. The number of aliphatic hydroxyl groups is 4. The molecule has 0 radical (unpaired) electrons. The Morgan fingerprint density at radius 1 is 0.566 bits per heavy atom. The van der Waals surface area contributed by atoms with Crippen molar-refractivity contribution in [2.45, 2.75) is 230 Å². The largest absolute Gasteiger partial charge is 0.462 e. The minimum absolute atomic E-state index is 0.215. The highest BCUT2D eigenvalue weighted by Gasteiger charge is 2.44. The van der Waals surface area contributed by atoms with E-state index in [1.165, 1.54) is 109 Å². The molecular weight excluding hydrogens is 676 g/mol. The van der Waals surface area contributed by atoms with Crippen LogP contribution < -0.4 is 0 Å². The standard InChI is InChI=1S/C43H80O10/c1-3-5-7-9-10-11-12-13-14-15-16-17-18-19-20-21-22-23-24-25-26-28-30-32-39(46)52-36(34-50-38(45)31-29-27-8-6-4-2)35-51-43-42(49)41(48)40(47)37(33-44)53-43/h15-16,36-37,40-44,47-49H,3-14,17-35H2,1-2H3/b16-15-. The Balaban J connectivity index is 2.18. The lowest BCUT2D eigenvalue weighted by Gasteiger charge is -2.39. The molecule has 1 fully saturated rings. The first-order chi connectivity index (χ1) is 25.8. The van der Waals surface area contributed by atoms with Gasteiger partial charge in [0.25, 0.3) is 0 Å². The van der Waals surface area contributed by atoms with Crippen molar-refractivity contribution in [3.63, 3.8) is 0 Å². The summed E-state index contributed by atoms with van der Waals surface area (Å²) in [5.41, 5.74) is 0. The van der Waals surface area contributed by atoms with Gasteiger partial charge < -0.3 is 39.4 Å². The van der Waals surface area contributed by atoms with Crippen LogP contribution in [-0.2, 0) is 28.5 Å². The van der Waals surface area contributed by atoms with E-state index in [0.29, 0.717) is 6.42 Å². The topological polar surface area (TPSA) is 152 Å². The first-order valence-corrected chi connectivity index (χ1v) is 21.8. The van der Waals surface area contributed by atoms with Gasteiger partial charge in [0, 0.05) is 12.8 Å². The van der Waals surface area contributed by atoms with Crippen molar-refractivity contribution < 1.29 is 49.0 Å². The summed E-state index contributed by atoms with van der Waals surface area (Å²) in [7, 11) is 0. The minimum Gasteiger partial charge on any atom is -0.462 e. The van der Waals surface area contributed by atoms with E-state index in [4.69, 9.17) is 18.9 Å². The molecule has 1 heterocycles. The first-order valence-electron chi connectivity index (χ1n) is 21.8. The number of unbranched alkanes of at least 4 members (excludes halogenated alkanes) is 23. The molecule has 6 atom stereocenters. The first kappa shape index (κ1) is 49.5. The van der Waals surface area contributed by atoms with Crippen LogP contribution in [0.1, 0.15) is 194 Å². The van der Waals surface area contributed by atoms with Crippen LogP contribution >= 0.6 is 0 Å². The van der Waals surface area contributed by atoms with Gasteiger partial charge in [-0.25, -0.2) is 0 Å². The molecule has 0 saturated carbocycles. The summed E-state index contributed by atoms with van der Waals surface area (Å²) in [5, 5.41) is 39.8. The van der Waals surface area contributed by atoms with E-state index in [1.807, 2.05) is 0 Å². The maximum Gasteiger partial charge on any atom is 0.306 e. The Kier molecular flexibility index (Phi) is 32.6. The number of esters is 2. The van der Waals surface area contributed by atoms with Crippen molar-refractivity contribution in [2.75, 3.05) is 19.8 Å². The van der Waals surface area contributed by atoms with Crippen molar-refractivity contribution >= 4 is 11.9 Å². The molecule has 312 valence electrons. The highest BCUT2D eigenvalue weighted by molar-refractivity contribution is 5.70. The molecule has 6 unspecified atom stereocenters. The lowest BCUT2D eigenvalue weighted by atomic mass is 9.99. The number of carbonyl (C=O) groups excluding carboxylic acids is 2. The number of allylic oxidation sites excluding steroid dienone is 2. The molecule has 0 spiro atoms. The summed E-state index contributed by atoms with van der Waals surface area (Å²) in [6.07, 6.45) is 28.5. The van der Waals surface area contributed by atoms with Crippen LogP contribution in [0.3, 0.4) is 0 Å². The third-order valence-electron chi connectivity index (χ3n) is 10.2. The van der Waals surface area contributed by atoms with Crippen LogP contribution in [0.2, 0.25) is 0 Å². The molecule has 1 aliphatic heterocycles. The Hall–Kier alpha value is -1.56. The Morgan fingerprint density at radius 2 is 1.00 bits per heavy atom.